The van der Waals surface area contributed by atoms with Crippen LogP contribution in [0.5, 0.6) is 5.75 Å². The minimum atomic E-state index is -0.538. The zero-order chi connectivity index (χ0) is 12.8. The number of halogens is 1. The number of hydrogen-bond donors (Lipinski definition) is 0. The molecule has 0 atom stereocenters. The van der Waals surface area contributed by atoms with Gasteiger partial charge in [0.25, 0.3) is 0 Å². The predicted molar refractivity (Wildman–Crippen MR) is 63.1 cm³/mol. The standard InChI is InChI=1S/C12H13ClO4/c1-8(14)5-12(15)17-7-9-3-4-11(16-2)10(13)6-9/h3-4,6H,5,7H2,1-2H3. The maximum absolute atomic E-state index is 11.1. The van der Waals surface area contributed by atoms with Gasteiger partial charge in [-0.25, -0.2) is 0 Å². The summed E-state index contributed by atoms with van der Waals surface area (Å²) in [6.07, 6.45) is -0.204. The first-order chi connectivity index (χ1) is 8.02. The largest absolute Gasteiger partial charge is 0.495 e. The molecule has 0 saturated carbocycles. The summed E-state index contributed by atoms with van der Waals surface area (Å²) in [5.74, 6) is -0.197. The molecular weight excluding hydrogens is 244 g/mol. The summed E-state index contributed by atoms with van der Waals surface area (Å²) >= 11 is 5.91. The monoisotopic (exact) mass is 256 g/mol. The van der Waals surface area contributed by atoms with Crippen LogP contribution in [0.1, 0.15) is 18.9 Å². The van der Waals surface area contributed by atoms with Crippen molar-refractivity contribution in [2.45, 2.75) is 20.0 Å². The van der Waals surface area contributed by atoms with Gasteiger partial charge in [-0.05, 0) is 24.6 Å². The van der Waals surface area contributed by atoms with E-state index in [2.05, 4.69) is 0 Å². The van der Waals surface area contributed by atoms with Gasteiger partial charge in [0, 0.05) is 0 Å². The Hall–Kier alpha value is -1.55. The Morgan fingerprint density at radius 2 is 2.06 bits per heavy atom. The molecule has 0 spiro atoms. The van der Waals surface area contributed by atoms with E-state index in [4.69, 9.17) is 21.1 Å². The molecule has 1 aromatic carbocycles. The van der Waals surface area contributed by atoms with Gasteiger partial charge in [-0.2, -0.15) is 0 Å². The van der Waals surface area contributed by atoms with Crippen molar-refractivity contribution in [2.75, 3.05) is 7.11 Å². The van der Waals surface area contributed by atoms with E-state index in [0.717, 1.165) is 5.56 Å². The van der Waals surface area contributed by atoms with Gasteiger partial charge >= 0.3 is 5.97 Å². The molecule has 0 aliphatic carbocycles. The molecule has 0 radical (unpaired) electrons. The minimum absolute atomic E-state index is 0.0931. The average molecular weight is 257 g/mol. The lowest BCUT2D eigenvalue weighted by atomic mass is 10.2. The molecule has 0 fully saturated rings. The van der Waals surface area contributed by atoms with Gasteiger partial charge in [0.1, 0.15) is 24.6 Å². The maximum atomic E-state index is 11.1. The molecular formula is C12H13ClO4. The Morgan fingerprint density at radius 1 is 1.35 bits per heavy atom. The Kier molecular flexibility index (Phi) is 4.97. The molecule has 5 heteroatoms. The Bertz CT molecular complexity index is 429. The normalized spacial score (nSPS) is 9.82. The topological polar surface area (TPSA) is 52.6 Å². The highest BCUT2D eigenvalue weighted by Crippen LogP contribution is 2.25. The fraction of sp³-hybridized carbons (Fsp3) is 0.333. The number of rotatable bonds is 5. The molecule has 0 saturated heterocycles. The minimum Gasteiger partial charge on any atom is -0.495 e. The van der Waals surface area contributed by atoms with Crippen LogP contribution in [0.2, 0.25) is 5.02 Å². The highest BCUT2D eigenvalue weighted by atomic mass is 35.5. The lowest BCUT2D eigenvalue weighted by Gasteiger charge is -2.06. The fourth-order valence-electron chi connectivity index (χ4n) is 1.22. The van der Waals surface area contributed by atoms with E-state index in [-0.39, 0.29) is 18.8 Å². The lowest BCUT2D eigenvalue weighted by Crippen LogP contribution is -2.08. The third kappa shape index (κ3) is 4.44. The van der Waals surface area contributed by atoms with E-state index in [9.17, 15) is 9.59 Å². The first-order valence-corrected chi connectivity index (χ1v) is 5.38. The SMILES string of the molecule is COc1ccc(COC(=O)CC(C)=O)cc1Cl. The van der Waals surface area contributed by atoms with Crippen LogP contribution in [0, 0.1) is 0 Å². The van der Waals surface area contributed by atoms with E-state index in [1.807, 2.05) is 0 Å². The van der Waals surface area contributed by atoms with Gasteiger partial charge in [0.15, 0.2) is 0 Å². The van der Waals surface area contributed by atoms with Crippen LogP contribution in [-0.2, 0) is 20.9 Å². The van der Waals surface area contributed by atoms with E-state index in [1.54, 1.807) is 18.2 Å². The second-order valence-corrected chi connectivity index (χ2v) is 3.92. The van der Waals surface area contributed by atoms with Gasteiger partial charge in [0.2, 0.25) is 0 Å². The number of ether oxygens (including phenoxy) is 2. The van der Waals surface area contributed by atoms with Crippen molar-refractivity contribution in [3.63, 3.8) is 0 Å². The fourth-order valence-corrected chi connectivity index (χ4v) is 1.50. The zero-order valence-corrected chi connectivity index (χ0v) is 10.4. The van der Waals surface area contributed by atoms with Crippen molar-refractivity contribution in [1.29, 1.82) is 0 Å². The summed E-state index contributed by atoms with van der Waals surface area (Å²) in [5, 5.41) is 0.451. The number of methoxy groups -OCH3 is 1. The highest BCUT2D eigenvalue weighted by Gasteiger charge is 2.07. The highest BCUT2D eigenvalue weighted by molar-refractivity contribution is 6.32. The summed E-state index contributed by atoms with van der Waals surface area (Å²) in [7, 11) is 1.52. The molecule has 0 aliphatic heterocycles. The summed E-state index contributed by atoms with van der Waals surface area (Å²) < 4.78 is 9.90. The number of carbonyl (C=O) groups is 2. The molecule has 92 valence electrons. The lowest BCUT2D eigenvalue weighted by molar-refractivity contribution is -0.146. The smallest absolute Gasteiger partial charge is 0.313 e. The van der Waals surface area contributed by atoms with Gasteiger partial charge in [0.05, 0.1) is 12.1 Å². The Balaban J connectivity index is 2.55. The number of Topliss-reactive ketones (excluding diaryl/α,β-unsaturated/α-hetero) is 1. The van der Waals surface area contributed by atoms with Crippen LogP contribution >= 0.6 is 11.6 Å². The Labute approximate surface area is 104 Å². The molecule has 0 N–H and O–H groups in total. The number of esters is 1. The summed E-state index contributed by atoms with van der Waals surface area (Å²) in [6.45, 7) is 1.43. The number of carbonyl (C=O) groups excluding carboxylic acids is 2. The van der Waals surface area contributed by atoms with Crippen LogP contribution < -0.4 is 4.74 Å². The van der Waals surface area contributed by atoms with Crippen molar-refractivity contribution >= 4 is 23.4 Å². The van der Waals surface area contributed by atoms with Gasteiger partial charge < -0.3 is 9.47 Å². The molecule has 17 heavy (non-hydrogen) atoms. The second-order valence-electron chi connectivity index (χ2n) is 3.51. The second kappa shape index (κ2) is 6.25. The molecule has 0 amide bonds. The quantitative estimate of drug-likeness (QED) is 0.600. The van der Waals surface area contributed by atoms with Crippen LogP contribution in [0.25, 0.3) is 0 Å². The van der Waals surface area contributed by atoms with Crippen molar-refractivity contribution in [2.24, 2.45) is 0 Å². The van der Waals surface area contributed by atoms with Crippen molar-refractivity contribution < 1.29 is 19.1 Å². The van der Waals surface area contributed by atoms with Crippen LogP contribution in [0.3, 0.4) is 0 Å². The third-order valence-electron chi connectivity index (χ3n) is 2.01. The molecule has 0 unspecified atom stereocenters. The zero-order valence-electron chi connectivity index (χ0n) is 9.66. The maximum Gasteiger partial charge on any atom is 0.313 e. The van der Waals surface area contributed by atoms with Gasteiger partial charge in [-0.1, -0.05) is 17.7 Å². The number of hydrogen-bond acceptors (Lipinski definition) is 4. The average Bonchev–Trinajstić information content (AvgIpc) is 2.25. The van der Waals surface area contributed by atoms with Crippen LogP contribution in [0.15, 0.2) is 18.2 Å². The molecule has 4 nitrogen and oxygen atoms in total. The van der Waals surface area contributed by atoms with Gasteiger partial charge in [-0.15, -0.1) is 0 Å². The first kappa shape index (κ1) is 13.5. The van der Waals surface area contributed by atoms with E-state index < -0.39 is 5.97 Å². The van der Waals surface area contributed by atoms with E-state index in [1.165, 1.54) is 14.0 Å². The summed E-state index contributed by atoms with van der Waals surface area (Å²) in [5.41, 5.74) is 0.743. The Morgan fingerprint density at radius 3 is 2.59 bits per heavy atom. The van der Waals surface area contributed by atoms with E-state index >= 15 is 0 Å². The first-order valence-electron chi connectivity index (χ1n) is 5.00. The molecule has 0 heterocycles. The molecule has 0 aliphatic rings. The third-order valence-corrected chi connectivity index (χ3v) is 2.30. The predicted octanol–water partition coefficient (Wildman–Crippen LogP) is 2.37. The summed E-state index contributed by atoms with van der Waals surface area (Å²) in [4.78, 5) is 21.8. The van der Waals surface area contributed by atoms with Gasteiger partial charge in [-0.3, -0.25) is 9.59 Å². The van der Waals surface area contributed by atoms with Crippen LogP contribution in [-0.4, -0.2) is 18.9 Å². The van der Waals surface area contributed by atoms with Crippen molar-refractivity contribution in [1.82, 2.24) is 0 Å². The van der Waals surface area contributed by atoms with Crippen LogP contribution in [0.4, 0.5) is 0 Å². The summed E-state index contributed by atoms with van der Waals surface area (Å²) in [6, 6.07) is 5.09. The van der Waals surface area contributed by atoms with E-state index in [0.29, 0.717) is 10.8 Å². The van der Waals surface area contributed by atoms with Crippen molar-refractivity contribution in [3.8, 4) is 5.75 Å². The van der Waals surface area contributed by atoms with Crippen molar-refractivity contribution in [3.05, 3.63) is 28.8 Å². The molecule has 0 aromatic heterocycles. The number of benzene rings is 1. The number of ketones is 1. The molecule has 0 bridgehead atoms. The molecule has 1 rings (SSSR count). The molecule has 1 aromatic rings.